The molecule has 4 atom stereocenters. The Morgan fingerprint density at radius 2 is 1.05 bits per heavy atom. The third-order valence-electron chi connectivity index (χ3n) is 6.98. The Kier molecular flexibility index (Phi) is 12.3. The molecule has 3 aromatic carbocycles. The minimum absolute atomic E-state index is 0.0333. The molecule has 0 heterocycles. The summed E-state index contributed by atoms with van der Waals surface area (Å²) >= 11 is 0. The molecule has 3 rings (SSSR count). The van der Waals surface area contributed by atoms with Crippen molar-refractivity contribution in [1.29, 1.82) is 0 Å². The van der Waals surface area contributed by atoms with Gasteiger partial charge >= 0.3 is 5.97 Å². The summed E-state index contributed by atoms with van der Waals surface area (Å²) in [5.74, 6) is -3.05. The normalized spacial score (nSPS) is 13.7. The van der Waals surface area contributed by atoms with Crippen molar-refractivity contribution in [3.8, 4) is 11.5 Å². The Bertz CT molecular complexity index is 1400. The Morgan fingerprint density at radius 3 is 1.57 bits per heavy atom. The zero-order valence-electron chi connectivity index (χ0n) is 24.8. The lowest BCUT2D eigenvalue weighted by atomic mass is 9.99. The smallest absolute Gasteiger partial charge is 0.326 e. The predicted molar refractivity (Wildman–Crippen MR) is 165 cm³/mol. The van der Waals surface area contributed by atoms with E-state index in [1.807, 2.05) is 13.8 Å². The van der Waals surface area contributed by atoms with Gasteiger partial charge in [-0.2, -0.15) is 0 Å². The van der Waals surface area contributed by atoms with Gasteiger partial charge in [0.1, 0.15) is 29.6 Å². The number of phenolic OH excluding ortho intramolecular Hbond substituents is 2. The van der Waals surface area contributed by atoms with E-state index in [9.17, 15) is 34.5 Å². The van der Waals surface area contributed by atoms with Crippen LogP contribution in [0.25, 0.3) is 0 Å². The van der Waals surface area contributed by atoms with Crippen LogP contribution < -0.4 is 21.7 Å². The molecule has 0 spiro atoms. The van der Waals surface area contributed by atoms with Crippen LogP contribution in [0.3, 0.4) is 0 Å². The van der Waals surface area contributed by atoms with Crippen molar-refractivity contribution in [3.63, 3.8) is 0 Å². The molecule has 0 aliphatic rings. The quantitative estimate of drug-likeness (QED) is 0.137. The average molecular weight is 605 g/mol. The Balaban J connectivity index is 1.77. The predicted octanol–water partition coefficient (Wildman–Crippen LogP) is 2.04. The summed E-state index contributed by atoms with van der Waals surface area (Å²) in [6, 6.07) is 16.8. The summed E-state index contributed by atoms with van der Waals surface area (Å²) in [5, 5.41) is 36.9. The number of phenols is 2. The summed E-state index contributed by atoms with van der Waals surface area (Å²) in [5.41, 5.74) is 8.22. The fraction of sp³-hybridized carbons (Fsp3) is 0.333. The first kappa shape index (κ1) is 33.6. The molecule has 0 fully saturated rings. The van der Waals surface area contributed by atoms with E-state index in [2.05, 4.69) is 16.0 Å². The van der Waals surface area contributed by atoms with Gasteiger partial charge in [-0.15, -0.1) is 0 Å². The Hall–Kier alpha value is -4.90. The molecule has 0 radical (unpaired) electrons. The van der Waals surface area contributed by atoms with Crippen molar-refractivity contribution >= 4 is 23.7 Å². The number of hydrogen-bond acceptors (Lipinski definition) is 7. The van der Waals surface area contributed by atoms with Crippen LogP contribution in [0.4, 0.5) is 0 Å². The molecule has 234 valence electrons. The van der Waals surface area contributed by atoms with E-state index in [-0.39, 0.29) is 43.1 Å². The molecule has 0 saturated carbocycles. The highest BCUT2D eigenvalue weighted by molar-refractivity contribution is 5.94. The maximum atomic E-state index is 13.6. The number of carbonyl (C=O) groups is 4. The summed E-state index contributed by atoms with van der Waals surface area (Å²) in [4.78, 5) is 52.1. The number of nitrogens with two attached hydrogens (primary N) is 1. The second kappa shape index (κ2) is 16.1. The number of carboxylic acids is 1. The van der Waals surface area contributed by atoms with Gasteiger partial charge in [0, 0.05) is 12.8 Å². The molecule has 44 heavy (non-hydrogen) atoms. The van der Waals surface area contributed by atoms with E-state index in [1.54, 1.807) is 54.6 Å². The molecule has 3 aromatic rings. The van der Waals surface area contributed by atoms with Crippen LogP contribution in [0.5, 0.6) is 11.5 Å². The number of nitrogens with one attached hydrogen (secondary N) is 3. The van der Waals surface area contributed by atoms with E-state index < -0.39 is 47.9 Å². The van der Waals surface area contributed by atoms with Crippen LogP contribution in [0.1, 0.15) is 37.0 Å². The molecule has 11 nitrogen and oxygen atoms in total. The minimum atomic E-state index is -1.22. The average Bonchev–Trinajstić information content (AvgIpc) is 2.98. The van der Waals surface area contributed by atoms with Gasteiger partial charge < -0.3 is 37.0 Å². The van der Waals surface area contributed by atoms with Gasteiger partial charge in [0.2, 0.25) is 17.7 Å². The van der Waals surface area contributed by atoms with E-state index in [0.29, 0.717) is 11.1 Å². The number of hydrogen-bond donors (Lipinski definition) is 7. The largest absolute Gasteiger partial charge is 0.508 e. The lowest BCUT2D eigenvalue weighted by Crippen LogP contribution is -2.58. The molecule has 8 N–H and O–H groups in total. The fourth-order valence-corrected chi connectivity index (χ4v) is 4.63. The van der Waals surface area contributed by atoms with Gasteiger partial charge in [-0.3, -0.25) is 14.4 Å². The molecule has 0 aliphatic carbocycles. The van der Waals surface area contributed by atoms with Gasteiger partial charge in [0.25, 0.3) is 0 Å². The van der Waals surface area contributed by atoms with Crippen molar-refractivity contribution in [2.75, 3.05) is 0 Å². The number of benzene rings is 3. The highest BCUT2D eigenvalue weighted by Crippen LogP contribution is 2.14. The highest BCUT2D eigenvalue weighted by Gasteiger charge is 2.31. The van der Waals surface area contributed by atoms with Crippen molar-refractivity contribution in [3.05, 3.63) is 95.6 Å². The van der Waals surface area contributed by atoms with Gasteiger partial charge in [-0.1, -0.05) is 68.4 Å². The zero-order valence-corrected chi connectivity index (χ0v) is 24.8. The van der Waals surface area contributed by atoms with Crippen LogP contribution >= 0.6 is 0 Å². The second-order valence-corrected chi connectivity index (χ2v) is 11.2. The standard InChI is InChI=1S/C33H40N4O7/c1-20(2)16-27(31(41)37-29(33(43)44)19-21-6-4-3-5-7-21)36-32(42)28(18-23-10-14-25(39)15-11-23)35-30(40)26(34)17-22-8-12-24(38)13-9-22/h3-15,20,26-29,38-39H,16-19,34H2,1-2H3,(H,35,40)(H,36,42)(H,37,41)(H,43,44). The summed E-state index contributed by atoms with van der Waals surface area (Å²) in [6.07, 6.45) is 0.458. The van der Waals surface area contributed by atoms with Gasteiger partial charge in [-0.05, 0) is 59.7 Å². The van der Waals surface area contributed by atoms with Crippen LogP contribution in [0, 0.1) is 5.92 Å². The molecule has 11 heteroatoms. The van der Waals surface area contributed by atoms with Crippen molar-refractivity contribution < 1.29 is 34.5 Å². The summed E-state index contributed by atoms with van der Waals surface area (Å²) in [7, 11) is 0. The Labute approximate surface area is 256 Å². The number of carbonyl (C=O) groups excluding carboxylic acids is 3. The van der Waals surface area contributed by atoms with Crippen LogP contribution in [0.15, 0.2) is 78.9 Å². The monoisotopic (exact) mass is 604 g/mol. The van der Waals surface area contributed by atoms with Gasteiger partial charge in [0.15, 0.2) is 0 Å². The molecule has 0 aromatic heterocycles. The van der Waals surface area contributed by atoms with Crippen LogP contribution in [-0.4, -0.2) is 63.2 Å². The highest BCUT2D eigenvalue weighted by atomic mass is 16.4. The number of rotatable bonds is 15. The molecule has 0 aliphatic heterocycles. The number of aromatic hydroxyl groups is 2. The molecular formula is C33H40N4O7. The first-order valence-electron chi connectivity index (χ1n) is 14.4. The van der Waals surface area contributed by atoms with Crippen molar-refractivity contribution in [1.82, 2.24) is 16.0 Å². The number of carboxylic acid groups (broad SMARTS) is 1. The van der Waals surface area contributed by atoms with Crippen LogP contribution in [0.2, 0.25) is 0 Å². The summed E-state index contributed by atoms with van der Waals surface area (Å²) < 4.78 is 0. The van der Waals surface area contributed by atoms with Gasteiger partial charge in [0.05, 0.1) is 6.04 Å². The topological polar surface area (TPSA) is 191 Å². The molecule has 3 amide bonds. The maximum absolute atomic E-state index is 13.6. The first-order valence-corrected chi connectivity index (χ1v) is 14.4. The van der Waals surface area contributed by atoms with E-state index in [0.717, 1.165) is 5.56 Å². The fourth-order valence-electron chi connectivity index (χ4n) is 4.63. The van der Waals surface area contributed by atoms with E-state index >= 15 is 0 Å². The second-order valence-electron chi connectivity index (χ2n) is 11.2. The van der Waals surface area contributed by atoms with E-state index in [1.165, 1.54) is 24.3 Å². The lowest BCUT2D eigenvalue weighted by molar-refractivity contribution is -0.142. The van der Waals surface area contributed by atoms with Gasteiger partial charge in [-0.25, -0.2) is 4.79 Å². The first-order chi connectivity index (χ1) is 20.9. The molecular weight excluding hydrogens is 564 g/mol. The third kappa shape index (κ3) is 10.7. The van der Waals surface area contributed by atoms with Crippen molar-refractivity contribution in [2.24, 2.45) is 11.7 Å². The lowest BCUT2D eigenvalue weighted by Gasteiger charge is -2.26. The SMILES string of the molecule is CC(C)CC(NC(=O)C(Cc1ccc(O)cc1)NC(=O)C(N)Cc1ccc(O)cc1)C(=O)NC(Cc1ccccc1)C(=O)O. The van der Waals surface area contributed by atoms with E-state index in [4.69, 9.17) is 5.73 Å². The summed E-state index contributed by atoms with van der Waals surface area (Å²) in [6.45, 7) is 3.73. The molecule has 0 saturated heterocycles. The van der Waals surface area contributed by atoms with Crippen molar-refractivity contribution in [2.45, 2.75) is 63.7 Å². The minimum Gasteiger partial charge on any atom is -0.508 e. The number of aliphatic carboxylic acids is 1. The Morgan fingerprint density at radius 1 is 0.614 bits per heavy atom. The molecule has 0 bridgehead atoms. The number of amides is 3. The third-order valence-corrected chi connectivity index (χ3v) is 6.98. The van der Waals surface area contributed by atoms with Crippen LogP contribution in [-0.2, 0) is 38.4 Å². The maximum Gasteiger partial charge on any atom is 0.326 e. The zero-order chi connectivity index (χ0) is 32.2. The molecule has 4 unspecified atom stereocenters.